The highest BCUT2D eigenvalue weighted by Crippen LogP contribution is 2.18. The third-order valence-corrected chi connectivity index (χ3v) is 2.81. The lowest BCUT2D eigenvalue weighted by molar-refractivity contribution is 0.234. The number of benzene rings is 2. The highest BCUT2D eigenvalue weighted by molar-refractivity contribution is 5.89. The summed E-state index contributed by atoms with van der Waals surface area (Å²) in [7, 11) is 0. The number of amides is 2. The molecule has 5 nitrogen and oxygen atoms in total. The number of anilines is 1. The van der Waals surface area contributed by atoms with E-state index in [2.05, 4.69) is 10.6 Å². The van der Waals surface area contributed by atoms with Crippen LogP contribution in [0.2, 0.25) is 0 Å². The molecule has 0 fully saturated rings. The van der Waals surface area contributed by atoms with Crippen LogP contribution < -0.4 is 20.1 Å². The van der Waals surface area contributed by atoms with Gasteiger partial charge in [0.05, 0.1) is 6.61 Å². The second kappa shape index (κ2) is 7.98. The van der Waals surface area contributed by atoms with Gasteiger partial charge in [-0.2, -0.15) is 0 Å². The molecule has 0 radical (unpaired) electrons. The van der Waals surface area contributed by atoms with Gasteiger partial charge in [-0.25, -0.2) is 13.6 Å². The van der Waals surface area contributed by atoms with E-state index in [1.165, 1.54) is 6.07 Å². The van der Waals surface area contributed by atoms with Crippen LogP contribution in [0.4, 0.5) is 19.3 Å². The maximum atomic E-state index is 13.4. The minimum atomic E-state index is -0.854. The van der Waals surface area contributed by atoms with E-state index >= 15 is 0 Å². The van der Waals surface area contributed by atoms with Crippen LogP contribution in [0.5, 0.6) is 11.5 Å². The average Bonchev–Trinajstić information content (AvgIpc) is 2.53. The SMILES string of the molecule is CCOc1ccc(OCNC(=O)Nc2c(F)cccc2F)cc1. The fraction of sp³-hybridized carbons (Fsp3) is 0.188. The normalized spacial score (nSPS) is 10.0. The lowest BCUT2D eigenvalue weighted by atomic mass is 10.3. The molecule has 2 aromatic rings. The Hall–Kier alpha value is -2.83. The van der Waals surface area contributed by atoms with Gasteiger partial charge in [0.1, 0.15) is 28.8 Å². The van der Waals surface area contributed by atoms with Gasteiger partial charge in [-0.05, 0) is 43.3 Å². The minimum absolute atomic E-state index is 0.157. The Balaban J connectivity index is 1.80. The molecule has 2 aromatic carbocycles. The molecule has 23 heavy (non-hydrogen) atoms. The maximum absolute atomic E-state index is 13.4. The molecule has 0 bridgehead atoms. The fourth-order valence-corrected chi connectivity index (χ4v) is 1.76. The fourth-order valence-electron chi connectivity index (χ4n) is 1.76. The van der Waals surface area contributed by atoms with Gasteiger partial charge in [-0.1, -0.05) is 6.07 Å². The first kappa shape index (κ1) is 16.5. The van der Waals surface area contributed by atoms with Gasteiger partial charge >= 0.3 is 6.03 Å². The van der Waals surface area contributed by atoms with Gasteiger partial charge in [-0.15, -0.1) is 0 Å². The highest BCUT2D eigenvalue weighted by Gasteiger charge is 2.11. The first-order valence-corrected chi connectivity index (χ1v) is 6.94. The molecule has 2 rings (SSSR count). The number of hydrogen-bond donors (Lipinski definition) is 2. The number of carbonyl (C=O) groups is 1. The van der Waals surface area contributed by atoms with Crippen molar-refractivity contribution in [1.82, 2.24) is 5.32 Å². The number of carbonyl (C=O) groups excluding carboxylic acids is 1. The first-order valence-electron chi connectivity index (χ1n) is 6.94. The van der Waals surface area contributed by atoms with E-state index in [4.69, 9.17) is 9.47 Å². The Kier molecular flexibility index (Phi) is 5.74. The van der Waals surface area contributed by atoms with E-state index in [9.17, 15) is 13.6 Å². The zero-order valence-electron chi connectivity index (χ0n) is 12.4. The number of ether oxygens (including phenoxy) is 2. The smallest absolute Gasteiger partial charge is 0.322 e. The van der Waals surface area contributed by atoms with E-state index in [1.807, 2.05) is 6.92 Å². The zero-order chi connectivity index (χ0) is 16.7. The number of hydrogen-bond acceptors (Lipinski definition) is 3. The van der Waals surface area contributed by atoms with E-state index in [-0.39, 0.29) is 6.73 Å². The van der Waals surface area contributed by atoms with E-state index < -0.39 is 23.4 Å². The van der Waals surface area contributed by atoms with Crippen molar-refractivity contribution < 1.29 is 23.0 Å². The Bertz CT molecular complexity index is 643. The predicted octanol–water partition coefficient (Wildman–Crippen LogP) is 3.52. The number of nitrogens with one attached hydrogen (secondary N) is 2. The van der Waals surface area contributed by atoms with Crippen LogP contribution in [0, 0.1) is 11.6 Å². The summed E-state index contributed by atoms with van der Waals surface area (Å²) in [5.41, 5.74) is -0.508. The molecule has 122 valence electrons. The van der Waals surface area contributed by atoms with Crippen LogP contribution in [0.1, 0.15) is 6.92 Å². The quantitative estimate of drug-likeness (QED) is 0.800. The molecule has 0 aliphatic heterocycles. The van der Waals surface area contributed by atoms with Crippen LogP contribution in [-0.2, 0) is 0 Å². The number of para-hydroxylation sites is 1. The lowest BCUT2D eigenvalue weighted by Gasteiger charge is -2.11. The molecule has 0 saturated carbocycles. The monoisotopic (exact) mass is 322 g/mol. The number of halogens is 2. The lowest BCUT2D eigenvalue weighted by Crippen LogP contribution is -2.32. The molecular weight excluding hydrogens is 306 g/mol. The van der Waals surface area contributed by atoms with Crippen molar-refractivity contribution in [3.05, 3.63) is 54.1 Å². The molecule has 2 amide bonds. The van der Waals surface area contributed by atoms with Crippen molar-refractivity contribution in [3.8, 4) is 11.5 Å². The molecular formula is C16H16F2N2O3. The van der Waals surface area contributed by atoms with Crippen molar-refractivity contribution in [2.24, 2.45) is 0 Å². The summed E-state index contributed by atoms with van der Waals surface area (Å²) in [4.78, 5) is 11.6. The Morgan fingerprint density at radius 2 is 1.57 bits per heavy atom. The van der Waals surface area contributed by atoms with Gasteiger partial charge in [-0.3, -0.25) is 0 Å². The van der Waals surface area contributed by atoms with E-state index in [0.29, 0.717) is 18.1 Å². The molecule has 0 aromatic heterocycles. The van der Waals surface area contributed by atoms with E-state index in [1.54, 1.807) is 24.3 Å². The number of urea groups is 1. The van der Waals surface area contributed by atoms with Gasteiger partial charge in [0.25, 0.3) is 0 Å². The van der Waals surface area contributed by atoms with E-state index in [0.717, 1.165) is 12.1 Å². The third-order valence-electron chi connectivity index (χ3n) is 2.81. The maximum Gasteiger partial charge on any atom is 0.322 e. The van der Waals surface area contributed by atoms with Gasteiger partial charge in [0, 0.05) is 0 Å². The van der Waals surface area contributed by atoms with Crippen molar-refractivity contribution in [2.45, 2.75) is 6.92 Å². The molecule has 0 saturated heterocycles. The van der Waals surface area contributed by atoms with Crippen molar-refractivity contribution in [3.63, 3.8) is 0 Å². The summed E-state index contributed by atoms with van der Waals surface area (Å²) < 4.78 is 37.3. The molecule has 0 aliphatic rings. The van der Waals surface area contributed by atoms with Gasteiger partial charge < -0.3 is 20.1 Å². The molecule has 0 heterocycles. The van der Waals surface area contributed by atoms with Gasteiger partial charge in [0.15, 0.2) is 6.73 Å². The van der Waals surface area contributed by atoms with Crippen molar-refractivity contribution in [1.29, 1.82) is 0 Å². The number of rotatable bonds is 6. The third kappa shape index (κ3) is 4.84. The van der Waals surface area contributed by atoms with Crippen molar-refractivity contribution >= 4 is 11.7 Å². The second-order valence-corrected chi connectivity index (χ2v) is 4.42. The molecule has 7 heteroatoms. The predicted molar refractivity (Wildman–Crippen MR) is 81.6 cm³/mol. The molecule has 2 N–H and O–H groups in total. The summed E-state index contributed by atoms with van der Waals surface area (Å²) in [6.07, 6.45) is 0. The highest BCUT2D eigenvalue weighted by atomic mass is 19.1. The first-order chi connectivity index (χ1) is 11.1. The van der Waals surface area contributed by atoms with Crippen LogP contribution in [0.25, 0.3) is 0 Å². The molecule has 0 atom stereocenters. The topological polar surface area (TPSA) is 59.6 Å². The zero-order valence-corrected chi connectivity index (χ0v) is 12.4. The second-order valence-electron chi connectivity index (χ2n) is 4.42. The molecule has 0 unspecified atom stereocenters. The molecule has 0 aliphatic carbocycles. The van der Waals surface area contributed by atoms with Crippen LogP contribution in [0.15, 0.2) is 42.5 Å². The largest absolute Gasteiger partial charge is 0.494 e. The van der Waals surface area contributed by atoms with Crippen molar-refractivity contribution in [2.75, 3.05) is 18.7 Å². The summed E-state index contributed by atoms with van der Waals surface area (Å²) in [6, 6.07) is 9.36. The summed E-state index contributed by atoms with van der Waals surface area (Å²) >= 11 is 0. The summed E-state index contributed by atoms with van der Waals surface area (Å²) in [5, 5.41) is 4.43. The molecule has 0 spiro atoms. The average molecular weight is 322 g/mol. The minimum Gasteiger partial charge on any atom is -0.494 e. The Labute approximate surface area is 132 Å². The van der Waals surface area contributed by atoms with Crippen LogP contribution >= 0.6 is 0 Å². The Morgan fingerprint density at radius 1 is 1.00 bits per heavy atom. The summed E-state index contributed by atoms with van der Waals surface area (Å²) in [6.45, 7) is 2.29. The van der Waals surface area contributed by atoms with Crippen LogP contribution in [-0.4, -0.2) is 19.4 Å². The summed E-state index contributed by atoms with van der Waals surface area (Å²) in [5.74, 6) is -0.480. The van der Waals surface area contributed by atoms with Crippen LogP contribution in [0.3, 0.4) is 0 Å². The van der Waals surface area contributed by atoms with Gasteiger partial charge in [0.2, 0.25) is 0 Å². The standard InChI is InChI=1S/C16H16F2N2O3/c1-2-22-11-6-8-12(9-7-11)23-10-19-16(21)20-15-13(17)4-3-5-14(15)18/h3-9H,2,10H2,1H3,(H2,19,20,21). The Morgan fingerprint density at radius 3 is 2.13 bits per heavy atom.